The zero-order valence-electron chi connectivity index (χ0n) is 10.2. The number of hydrogen-bond acceptors (Lipinski definition) is 5. The van der Waals surface area contributed by atoms with E-state index in [9.17, 15) is 14.9 Å². The normalized spacial score (nSPS) is 9.89. The second kappa shape index (κ2) is 6.55. The van der Waals surface area contributed by atoms with Gasteiger partial charge in [-0.05, 0) is 12.1 Å². The molecule has 0 fully saturated rings. The lowest BCUT2D eigenvalue weighted by Gasteiger charge is -2.16. The molecule has 0 aromatic heterocycles. The van der Waals surface area contributed by atoms with Crippen LogP contribution >= 0.6 is 0 Å². The summed E-state index contributed by atoms with van der Waals surface area (Å²) in [4.78, 5) is 22.8. The van der Waals surface area contributed by atoms with Crippen molar-refractivity contribution in [3.8, 4) is 0 Å². The van der Waals surface area contributed by atoms with E-state index in [2.05, 4.69) is 0 Å². The van der Waals surface area contributed by atoms with Crippen molar-refractivity contribution in [3.05, 3.63) is 34.4 Å². The van der Waals surface area contributed by atoms with Crippen molar-refractivity contribution >= 4 is 17.5 Å². The van der Waals surface area contributed by atoms with Crippen LogP contribution in [0.3, 0.4) is 0 Å². The number of methoxy groups -OCH3 is 1. The number of anilines is 1. The minimum atomic E-state index is -0.541. The average molecular weight is 254 g/mol. The molecular weight excluding hydrogens is 240 g/mol. The van der Waals surface area contributed by atoms with Gasteiger partial charge in [0, 0.05) is 32.0 Å². The number of nitro groups is 1. The number of benzene rings is 1. The van der Waals surface area contributed by atoms with Crippen molar-refractivity contribution in [1.29, 1.82) is 0 Å². The largest absolute Gasteiger partial charge is 0.447 e. The van der Waals surface area contributed by atoms with Gasteiger partial charge < -0.3 is 9.47 Å². The molecule has 98 valence electrons. The van der Waals surface area contributed by atoms with Crippen molar-refractivity contribution in [2.75, 3.05) is 32.3 Å². The minimum Gasteiger partial charge on any atom is -0.447 e. The predicted molar refractivity (Wildman–Crippen MR) is 64.7 cm³/mol. The van der Waals surface area contributed by atoms with Crippen LogP contribution in [-0.2, 0) is 9.47 Å². The number of nitro benzene ring substituents is 1. The smallest absolute Gasteiger partial charge is 0.414 e. The first-order valence-electron chi connectivity index (χ1n) is 5.20. The van der Waals surface area contributed by atoms with Crippen molar-refractivity contribution in [1.82, 2.24) is 0 Å². The molecule has 0 unspecified atom stereocenters. The number of carbonyl (C=O) groups is 1. The summed E-state index contributed by atoms with van der Waals surface area (Å²) in [6.07, 6.45) is -0.541. The molecule has 1 amide bonds. The molecule has 0 heterocycles. The van der Waals surface area contributed by atoms with Crippen LogP contribution in [0.15, 0.2) is 24.3 Å². The molecule has 18 heavy (non-hydrogen) atoms. The summed E-state index contributed by atoms with van der Waals surface area (Å²) in [6, 6.07) is 5.62. The Morgan fingerprint density at radius 3 is 2.44 bits per heavy atom. The average Bonchev–Trinajstić information content (AvgIpc) is 2.38. The van der Waals surface area contributed by atoms with Gasteiger partial charge in [-0.25, -0.2) is 4.79 Å². The molecule has 0 bridgehead atoms. The summed E-state index contributed by atoms with van der Waals surface area (Å²) < 4.78 is 9.65. The van der Waals surface area contributed by atoms with Gasteiger partial charge in [-0.15, -0.1) is 0 Å². The quantitative estimate of drug-likeness (QED) is 0.454. The Balaban J connectivity index is 2.63. The molecule has 0 radical (unpaired) electrons. The van der Waals surface area contributed by atoms with Gasteiger partial charge in [0.1, 0.15) is 6.61 Å². The number of amides is 1. The standard InChI is InChI=1S/C11H14N2O5/c1-12(11(14)18-8-7-17-2)9-3-5-10(6-4-9)13(15)16/h3-6H,7-8H2,1-2H3. The highest BCUT2D eigenvalue weighted by Crippen LogP contribution is 2.18. The number of carbonyl (C=O) groups excluding carboxylic acids is 1. The van der Waals surface area contributed by atoms with Crippen molar-refractivity contribution in [2.24, 2.45) is 0 Å². The number of ether oxygens (including phenoxy) is 2. The van der Waals surface area contributed by atoms with Crippen LogP contribution in [0.1, 0.15) is 0 Å². The third kappa shape index (κ3) is 3.70. The van der Waals surface area contributed by atoms with E-state index in [1.54, 1.807) is 0 Å². The molecule has 0 saturated heterocycles. The molecule has 1 aromatic rings. The van der Waals surface area contributed by atoms with Gasteiger partial charge in [0.25, 0.3) is 5.69 Å². The SMILES string of the molecule is COCCOC(=O)N(C)c1ccc([N+](=O)[O-])cc1. The van der Waals surface area contributed by atoms with Crippen LogP contribution < -0.4 is 4.90 Å². The van der Waals surface area contributed by atoms with Gasteiger partial charge in [0.05, 0.1) is 11.5 Å². The molecule has 0 atom stereocenters. The van der Waals surface area contributed by atoms with Crippen LogP contribution in [0.25, 0.3) is 0 Å². The summed E-state index contributed by atoms with van der Waals surface area (Å²) in [6.45, 7) is 0.479. The topological polar surface area (TPSA) is 81.9 Å². The zero-order valence-corrected chi connectivity index (χ0v) is 10.2. The number of rotatable bonds is 5. The molecule has 0 aliphatic carbocycles. The minimum absolute atomic E-state index is 0.0279. The van der Waals surface area contributed by atoms with E-state index in [1.807, 2.05) is 0 Å². The zero-order chi connectivity index (χ0) is 13.5. The van der Waals surface area contributed by atoms with Crippen LogP contribution in [0.2, 0.25) is 0 Å². The maximum Gasteiger partial charge on any atom is 0.414 e. The fourth-order valence-corrected chi connectivity index (χ4v) is 1.21. The molecule has 1 rings (SSSR count). The van der Waals surface area contributed by atoms with Gasteiger partial charge >= 0.3 is 6.09 Å². The van der Waals surface area contributed by atoms with Crippen molar-refractivity contribution < 1.29 is 19.2 Å². The maximum absolute atomic E-state index is 11.6. The highest BCUT2D eigenvalue weighted by Gasteiger charge is 2.13. The third-order valence-electron chi connectivity index (χ3n) is 2.23. The monoisotopic (exact) mass is 254 g/mol. The summed E-state index contributed by atoms with van der Waals surface area (Å²) in [5, 5.41) is 10.5. The van der Waals surface area contributed by atoms with Gasteiger partial charge in [-0.1, -0.05) is 0 Å². The van der Waals surface area contributed by atoms with E-state index in [1.165, 1.54) is 43.3 Å². The first kappa shape index (κ1) is 13.9. The molecule has 0 aliphatic rings. The molecule has 7 heteroatoms. The maximum atomic E-state index is 11.6. The van der Waals surface area contributed by atoms with E-state index in [-0.39, 0.29) is 12.3 Å². The predicted octanol–water partition coefficient (Wildman–Crippen LogP) is 1.81. The number of nitrogens with zero attached hydrogens (tertiary/aromatic N) is 2. The van der Waals surface area contributed by atoms with E-state index in [0.29, 0.717) is 12.3 Å². The molecule has 0 N–H and O–H groups in total. The van der Waals surface area contributed by atoms with Crippen molar-refractivity contribution in [2.45, 2.75) is 0 Å². The first-order chi connectivity index (χ1) is 8.56. The van der Waals surface area contributed by atoms with Crippen molar-refractivity contribution in [3.63, 3.8) is 0 Å². The Kier molecular flexibility index (Phi) is 5.06. The lowest BCUT2D eigenvalue weighted by Crippen LogP contribution is -2.28. The molecule has 0 saturated carbocycles. The molecule has 0 aliphatic heterocycles. The second-order valence-electron chi connectivity index (χ2n) is 3.44. The van der Waals surface area contributed by atoms with Gasteiger partial charge in [0.2, 0.25) is 0 Å². The fraction of sp³-hybridized carbons (Fsp3) is 0.364. The molecule has 1 aromatic carbocycles. The van der Waals surface area contributed by atoms with Gasteiger partial charge in [0.15, 0.2) is 0 Å². The third-order valence-corrected chi connectivity index (χ3v) is 2.23. The Labute approximate surface area is 104 Å². The number of non-ortho nitro benzene ring substituents is 1. The van der Waals surface area contributed by atoms with Crippen LogP contribution in [0, 0.1) is 10.1 Å². The van der Waals surface area contributed by atoms with Crippen LogP contribution in [0.4, 0.5) is 16.2 Å². The first-order valence-corrected chi connectivity index (χ1v) is 5.20. The Morgan fingerprint density at radius 1 is 1.33 bits per heavy atom. The highest BCUT2D eigenvalue weighted by molar-refractivity contribution is 5.87. The van der Waals surface area contributed by atoms with E-state index < -0.39 is 11.0 Å². The molecule has 7 nitrogen and oxygen atoms in total. The summed E-state index contributed by atoms with van der Waals surface area (Å²) in [5.41, 5.74) is 0.489. The van der Waals surface area contributed by atoms with E-state index in [4.69, 9.17) is 9.47 Å². The van der Waals surface area contributed by atoms with Gasteiger partial charge in [-0.2, -0.15) is 0 Å². The van der Waals surface area contributed by atoms with Crippen LogP contribution in [-0.4, -0.2) is 38.4 Å². The Bertz CT molecular complexity index is 418. The van der Waals surface area contributed by atoms with Gasteiger partial charge in [-0.3, -0.25) is 15.0 Å². The summed E-state index contributed by atoms with van der Waals surface area (Å²) in [7, 11) is 3.03. The summed E-state index contributed by atoms with van der Waals surface area (Å²) >= 11 is 0. The van der Waals surface area contributed by atoms with Crippen LogP contribution in [0.5, 0.6) is 0 Å². The van der Waals surface area contributed by atoms with E-state index >= 15 is 0 Å². The molecular formula is C11H14N2O5. The Hall–Kier alpha value is -2.15. The second-order valence-corrected chi connectivity index (χ2v) is 3.44. The number of hydrogen-bond donors (Lipinski definition) is 0. The lowest BCUT2D eigenvalue weighted by molar-refractivity contribution is -0.384. The molecule has 0 spiro atoms. The lowest BCUT2D eigenvalue weighted by atomic mass is 10.3. The Morgan fingerprint density at radius 2 is 1.94 bits per heavy atom. The fourth-order valence-electron chi connectivity index (χ4n) is 1.21. The van der Waals surface area contributed by atoms with E-state index in [0.717, 1.165) is 0 Å². The highest BCUT2D eigenvalue weighted by atomic mass is 16.6. The summed E-state index contributed by atoms with van der Waals surface area (Å²) in [5.74, 6) is 0.